The highest BCUT2D eigenvalue weighted by molar-refractivity contribution is 7.89. The Balaban J connectivity index is 1.50. The van der Waals surface area contributed by atoms with E-state index >= 15 is 0 Å². The molecule has 2 heterocycles. The molecule has 3 amide bonds. The van der Waals surface area contributed by atoms with Crippen molar-refractivity contribution in [1.82, 2.24) is 19.5 Å². The summed E-state index contributed by atoms with van der Waals surface area (Å²) in [5, 5.41) is 2.84. The standard InChI is InChI=1S/C30H46N4O6S/c1-30(2,29(38)33-17-15-22(16-18-33)26(35)32-41(3,39)40)31-27(36)24-19-23-13-9-4-5-10-14-25(23)34(28(24)37)20-21-11-7-6-8-12-21/h19,21-22H,4-18,20H2,1-3H3,(H,31,36)(H,32,35). The van der Waals surface area contributed by atoms with Gasteiger partial charge in [0.1, 0.15) is 11.1 Å². The molecule has 2 aliphatic carbocycles. The molecule has 228 valence electrons. The van der Waals surface area contributed by atoms with E-state index in [0.29, 0.717) is 25.3 Å². The van der Waals surface area contributed by atoms with Gasteiger partial charge in [0, 0.05) is 31.2 Å². The van der Waals surface area contributed by atoms with Gasteiger partial charge >= 0.3 is 0 Å². The maximum Gasteiger partial charge on any atom is 0.263 e. The zero-order chi connectivity index (χ0) is 29.8. The number of aryl methyl sites for hydroxylation is 1. The fourth-order valence-corrected chi connectivity index (χ4v) is 7.16. The zero-order valence-electron chi connectivity index (χ0n) is 24.8. The van der Waals surface area contributed by atoms with Gasteiger partial charge in [-0.15, -0.1) is 0 Å². The molecule has 41 heavy (non-hydrogen) atoms. The summed E-state index contributed by atoms with van der Waals surface area (Å²) >= 11 is 0. The molecule has 2 fully saturated rings. The number of amides is 3. The van der Waals surface area contributed by atoms with Gasteiger partial charge in [-0.25, -0.2) is 8.42 Å². The highest BCUT2D eigenvalue weighted by atomic mass is 32.2. The van der Waals surface area contributed by atoms with E-state index in [4.69, 9.17) is 0 Å². The van der Waals surface area contributed by atoms with Gasteiger partial charge in [-0.2, -0.15) is 0 Å². The van der Waals surface area contributed by atoms with E-state index < -0.39 is 33.3 Å². The van der Waals surface area contributed by atoms with Gasteiger partial charge < -0.3 is 14.8 Å². The van der Waals surface area contributed by atoms with Crippen molar-refractivity contribution in [2.75, 3.05) is 19.3 Å². The highest BCUT2D eigenvalue weighted by Crippen LogP contribution is 2.27. The molecule has 0 radical (unpaired) electrons. The molecule has 11 heteroatoms. The monoisotopic (exact) mass is 590 g/mol. The lowest BCUT2D eigenvalue weighted by Gasteiger charge is -2.36. The fraction of sp³-hybridized carbons (Fsp3) is 0.733. The van der Waals surface area contributed by atoms with E-state index in [1.807, 2.05) is 9.29 Å². The molecule has 1 saturated carbocycles. The van der Waals surface area contributed by atoms with Crippen LogP contribution in [0.5, 0.6) is 0 Å². The summed E-state index contributed by atoms with van der Waals surface area (Å²) in [6.45, 7) is 4.44. The molecule has 0 atom stereocenters. The van der Waals surface area contributed by atoms with Gasteiger partial charge in [-0.1, -0.05) is 32.1 Å². The number of carbonyl (C=O) groups is 3. The molecule has 1 aliphatic heterocycles. The van der Waals surface area contributed by atoms with Crippen LogP contribution in [-0.2, 0) is 39.0 Å². The molecule has 0 bridgehead atoms. The summed E-state index contributed by atoms with van der Waals surface area (Å²) < 4.78 is 26.7. The molecule has 3 aliphatic rings. The number of hydrogen-bond donors (Lipinski definition) is 2. The second-order valence-corrected chi connectivity index (χ2v) is 14.5. The van der Waals surface area contributed by atoms with Gasteiger partial charge in [0.25, 0.3) is 11.5 Å². The number of pyridine rings is 1. The molecule has 0 unspecified atom stereocenters. The van der Waals surface area contributed by atoms with E-state index in [0.717, 1.165) is 68.9 Å². The van der Waals surface area contributed by atoms with Crippen molar-refractivity contribution in [1.29, 1.82) is 0 Å². The topological polar surface area (TPSA) is 135 Å². The first-order valence-electron chi connectivity index (χ1n) is 15.2. The van der Waals surface area contributed by atoms with Crippen molar-refractivity contribution in [3.63, 3.8) is 0 Å². The predicted molar refractivity (Wildman–Crippen MR) is 157 cm³/mol. The number of fused-ring (bicyclic) bond motifs is 1. The fourth-order valence-electron chi connectivity index (χ4n) is 6.63. The molecule has 1 aromatic heterocycles. The van der Waals surface area contributed by atoms with Crippen molar-refractivity contribution in [3.05, 3.63) is 33.2 Å². The van der Waals surface area contributed by atoms with Crippen LogP contribution in [0.4, 0.5) is 0 Å². The van der Waals surface area contributed by atoms with E-state index in [2.05, 4.69) is 5.32 Å². The zero-order valence-corrected chi connectivity index (χ0v) is 25.6. The summed E-state index contributed by atoms with van der Waals surface area (Å²) in [6, 6.07) is 1.77. The largest absolute Gasteiger partial charge is 0.341 e. The van der Waals surface area contributed by atoms with E-state index in [9.17, 15) is 27.6 Å². The third-order valence-electron chi connectivity index (χ3n) is 8.91. The summed E-state index contributed by atoms with van der Waals surface area (Å²) in [5.41, 5.74) is 0.702. The molecule has 2 N–H and O–H groups in total. The van der Waals surface area contributed by atoms with Gasteiger partial charge in [0.15, 0.2) is 0 Å². The highest BCUT2D eigenvalue weighted by Gasteiger charge is 2.37. The van der Waals surface area contributed by atoms with Crippen LogP contribution in [0.2, 0.25) is 0 Å². The minimum atomic E-state index is -3.65. The van der Waals surface area contributed by atoms with Crippen LogP contribution in [0.3, 0.4) is 0 Å². The van der Waals surface area contributed by atoms with Crippen LogP contribution in [-0.4, -0.2) is 60.5 Å². The van der Waals surface area contributed by atoms with Crippen LogP contribution in [0.25, 0.3) is 0 Å². The van der Waals surface area contributed by atoms with Crippen molar-refractivity contribution in [3.8, 4) is 0 Å². The Morgan fingerprint density at radius 2 is 1.54 bits per heavy atom. The number of rotatable bonds is 7. The number of nitrogens with zero attached hydrogens (tertiary/aromatic N) is 2. The number of nitrogens with one attached hydrogen (secondary N) is 2. The molecule has 0 aromatic carbocycles. The Hall–Kier alpha value is -2.69. The molecule has 1 saturated heterocycles. The Kier molecular flexibility index (Phi) is 9.97. The first kappa shape index (κ1) is 31.3. The average Bonchev–Trinajstić information content (AvgIpc) is 2.90. The van der Waals surface area contributed by atoms with Crippen LogP contribution in [0.15, 0.2) is 10.9 Å². The number of hydrogen-bond acceptors (Lipinski definition) is 6. The molecule has 4 rings (SSSR count). The minimum absolute atomic E-state index is 0.0946. The number of piperidine rings is 1. The van der Waals surface area contributed by atoms with Crippen molar-refractivity contribution in [2.24, 2.45) is 11.8 Å². The normalized spacial score (nSPS) is 19.5. The Morgan fingerprint density at radius 3 is 2.17 bits per heavy atom. The van der Waals surface area contributed by atoms with Crippen molar-refractivity contribution in [2.45, 2.75) is 109 Å². The van der Waals surface area contributed by atoms with E-state index in [1.165, 1.54) is 19.3 Å². The lowest BCUT2D eigenvalue weighted by Crippen LogP contribution is -2.58. The molecule has 0 spiro atoms. The van der Waals surface area contributed by atoms with Crippen LogP contribution < -0.4 is 15.6 Å². The molecule has 1 aromatic rings. The van der Waals surface area contributed by atoms with Gasteiger partial charge in [0.05, 0.1) is 6.26 Å². The maximum atomic E-state index is 13.8. The Morgan fingerprint density at radius 1 is 0.927 bits per heavy atom. The number of aromatic nitrogens is 1. The van der Waals surface area contributed by atoms with Crippen molar-refractivity contribution >= 4 is 27.7 Å². The first-order valence-corrected chi connectivity index (χ1v) is 17.1. The SMILES string of the molecule is CC(C)(NC(=O)c1cc2c(n(CC3CCCCC3)c1=O)CCCCCC2)C(=O)N1CCC(C(=O)NS(C)(=O)=O)CC1. The third-order valence-corrected chi connectivity index (χ3v) is 9.48. The summed E-state index contributed by atoms with van der Waals surface area (Å²) in [7, 11) is -3.65. The summed E-state index contributed by atoms with van der Waals surface area (Å²) in [6.07, 6.45) is 13.4. The van der Waals surface area contributed by atoms with E-state index in [1.54, 1.807) is 24.8 Å². The van der Waals surface area contributed by atoms with Crippen LogP contribution >= 0.6 is 0 Å². The number of likely N-dealkylation sites (tertiary alicyclic amines) is 1. The Labute approximate surface area is 243 Å². The number of sulfonamides is 1. The second-order valence-electron chi connectivity index (χ2n) is 12.7. The smallest absolute Gasteiger partial charge is 0.263 e. The quantitative estimate of drug-likeness (QED) is 0.502. The summed E-state index contributed by atoms with van der Waals surface area (Å²) in [5.74, 6) is -1.47. The Bertz CT molecular complexity index is 1300. The lowest BCUT2D eigenvalue weighted by molar-refractivity contribution is -0.139. The molecule has 10 nitrogen and oxygen atoms in total. The minimum Gasteiger partial charge on any atom is -0.341 e. The second kappa shape index (κ2) is 13.1. The van der Waals surface area contributed by atoms with Gasteiger partial charge in [0.2, 0.25) is 21.8 Å². The predicted octanol–water partition coefficient (Wildman–Crippen LogP) is 2.91. The first-order chi connectivity index (χ1) is 19.4. The third kappa shape index (κ3) is 7.99. The molecular formula is C30H46N4O6S. The van der Waals surface area contributed by atoms with Gasteiger partial charge in [-0.05, 0) is 82.8 Å². The van der Waals surface area contributed by atoms with Crippen LogP contribution in [0, 0.1) is 11.8 Å². The summed E-state index contributed by atoms with van der Waals surface area (Å²) in [4.78, 5) is 54.7. The van der Waals surface area contributed by atoms with E-state index in [-0.39, 0.29) is 30.1 Å². The van der Waals surface area contributed by atoms with Crippen LogP contribution in [0.1, 0.15) is 106 Å². The average molecular weight is 591 g/mol. The van der Waals surface area contributed by atoms with Gasteiger partial charge in [-0.3, -0.25) is 23.9 Å². The van der Waals surface area contributed by atoms with Crippen molar-refractivity contribution < 1.29 is 22.8 Å². The maximum absolute atomic E-state index is 13.8. The molecular weight excluding hydrogens is 544 g/mol. The lowest BCUT2D eigenvalue weighted by atomic mass is 9.88. The number of carbonyl (C=O) groups excluding carboxylic acids is 3.